The van der Waals surface area contributed by atoms with Crippen LogP contribution in [0.3, 0.4) is 0 Å². The lowest BCUT2D eigenvalue weighted by molar-refractivity contribution is 0.0970. The van der Waals surface area contributed by atoms with Gasteiger partial charge in [-0.25, -0.2) is 0 Å². The fourth-order valence-corrected chi connectivity index (χ4v) is 2.66. The van der Waals surface area contributed by atoms with Crippen molar-refractivity contribution in [1.29, 1.82) is 0 Å². The Morgan fingerprint density at radius 2 is 1.86 bits per heavy atom. The highest BCUT2D eigenvalue weighted by Gasteiger charge is 2.16. The van der Waals surface area contributed by atoms with Gasteiger partial charge in [-0.15, -0.1) is 12.4 Å². The molecule has 1 fully saturated rings. The molecule has 2 rings (SSSR count). The molecule has 1 aromatic rings. The number of ether oxygens (including phenoxy) is 2. The molecule has 0 saturated carbocycles. The van der Waals surface area contributed by atoms with E-state index in [-0.39, 0.29) is 18.2 Å². The Balaban J connectivity index is 0.00000220. The van der Waals surface area contributed by atoms with E-state index >= 15 is 0 Å². The summed E-state index contributed by atoms with van der Waals surface area (Å²) in [6.45, 7) is 2.16. The highest BCUT2D eigenvalue weighted by molar-refractivity contribution is 5.96. The molecule has 0 atom stereocenters. The van der Waals surface area contributed by atoms with E-state index in [0.29, 0.717) is 29.4 Å². The average Bonchev–Trinajstić information content (AvgIpc) is 2.52. The normalized spacial score (nSPS) is 15.1. The Morgan fingerprint density at radius 3 is 2.48 bits per heavy atom. The maximum Gasteiger partial charge on any atom is 0.163 e. The van der Waals surface area contributed by atoms with Gasteiger partial charge in [0.25, 0.3) is 0 Å². The van der Waals surface area contributed by atoms with Crippen LogP contribution in [0, 0.1) is 5.92 Å². The molecule has 1 N–H and O–H groups in total. The maximum absolute atomic E-state index is 12.2. The summed E-state index contributed by atoms with van der Waals surface area (Å²) in [6, 6.07) is 5.37. The first-order valence-corrected chi connectivity index (χ1v) is 7.20. The van der Waals surface area contributed by atoms with Crippen molar-refractivity contribution < 1.29 is 14.3 Å². The number of halogens is 1. The van der Waals surface area contributed by atoms with Crippen molar-refractivity contribution in [3.05, 3.63) is 23.8 Å². The number of carbonyl (C=O) groups excluding carboxylic acids is 1. The number of rotatable bonds is 6. The van der Waals surface area contributed by atoms with Crippen LogP contribution in [0.1, 0.15) is 36.0 Å². The lowest BCUT2D eigenvalue weighted by Gasteiger charge is -2.22. The molecule has 4 nitrogen and oxygen atoms in total. The van der Waals surface area contributed by atoms with E-state index < -0.39 is 0 Å². The van der Waals surface area contributed by atoms with Crippen molar-refractivity contribution >= 4 is 18.2 Å². The first-order chi connectivity index (χ1) is 9.74. The molecule has 5 heteroatoms. The van der Waals surface area contributed by atoms with Crippen LogP contribution < -0.4 is 14.8 Å². The molecule has 0 aliphatic carbocycles. The van der Waals surface area contributed by atoms with E-state index in [9.17, 15) is 4.79 Å². The van der Waals surface area contributed by atoms with Gasteiger partial charge in [0.05, 0.1) is 14.2 Å². The third kappa shape index (κ3) is 4.90. The summed E-state index contributed by atoms with van der Waals surface area (Å²) < 4.78 is 10.4. The van der Waals surface area contributed by atoms with Crippen LogP contribution in [0.5, 0.6) is 11.5 Å². The van der Waals surface area contributed by atoms with Gasteiger partial charge in [-0.1, -0.05) is 0 Å². The number of ketones is 1. The molecule has 1 aliphatic rings. The summed E-state index contributed by atoms with van der Waals surface area (Å²) in [6.07, 6.45) is 3.95. The number of hydrogen-bond acceptors (Lipinski definition) is 4. The molecule has 0 unspecified atom stereocenters. The fourth-order valence-electron chi connectivity index (χ4n) is 2.66. The summed E-state index contributed by atoms with van der Waals surface area (Å²) in [4.78, 5) is 12.2. The van der Waals surface area contributed by atoms with E-state index in [1.54, 1.807) is 26.4 Å². The second-order valence-electron chi connectivity index (χ2n) is 5.22. The quantitative estimate of drug-likeness (QED) is 0.820. The fraction of sp³-hybridized carbons (Fsp3) is 0.562. The molecule has 1 aliphatic heterocycles. The van der Waals surface area contributed by atoms with Gasteiger partial charge >= 0.3 is 0 Å². The Bertz CT molecular complexity index is 459. The number of methoxy groups -OCH3 is 2. The Morgan fingerprint density at radius 1 is 1.19 bits per heavy atom. The molecule has 0 aromatic heterocycles. The van der Waals surface area contributed by atoms with Gasteiger partial charge in [0.15, 0.2) is 17.3 Å². The minimum absolute atomic E-state index is 0. The number of carbonyl (C=O) groups is 1. The van der Waals surface area contributed by atoms with E-state index in [1.165, 1.54) is 12.8 Å². The minimum Gasteiger partial charge on any atom is -0.493 e. The number of piperidine rings is 1. The highest BCUT2D eigenvalue weighted by Crippen LogP contribution is 2.28. The SMILES string of the molecule is COc1ccc(C(=O)CCC2CCNCC2)cc1OC.Cl. The summed E-state index contributed by atoms with van der Waals surface area (Å²) in [5.41, 5.74) is 0.705. The molecule has 21 heavy (non-hydrogen) atoms. The molecule has 0 amide bonds. The molecule has 1 saturated heterocycles. The zero-order valence-corrected chi connectivity index (χ0v) is 13.5. The number of hydrogen-bond donors (Lipinski definition) is 1. The van der Waals surface area contributed by atoms with Crippen LogP contribution in [0.15, 0.2) is 18.2 Å². The van der Waals surface area contributed by atoms with E-state index in [4.69, 9.17) is 9.47 Å². The second-order valence-corrected chi connectivity index (χ2v) is 5.22. The summed E-state index contributed by atoms with van der Waals surface area (Å²) in [5, 5.41) is 3.35. The van der Waals surface area contributed by atoms with Crippen LogP contribution in [0.2, 0.25) is 0 Å². The van der Waals surface area contributed by atoms with Crippen molar-refractivity contribution in [2.75, 3.05) is 27.3 Å². The Labute approximate surface area is 132 Å². The molecule has 1 heterocycles. The van der Waals surface area contributed by atoms with Gasteiger partial charge in [0, 0.05) is 12.0 Å². The van der Waals surface area contributed by atoms with Crippen LogP contribution >= 0.6 is 12.4 Å². The minimum atomic E-state index is 0. The summed E-state index contributed by atoms with van der Waals surface area (Å²) >= 11 is 0. The summed E-state index contributed by atoms with van der Waals surface area (Å²) in [5.74, 6) is 2.13. The van der Waals surface area contributed by atoms with Crippen LogP contribution in [-0.4, -0.2) is 33.1 Å². The third-order valence-electron chi connectivity index (χ3n) is 3.94. The van der Waals surface area contributed by atoms with Crippen molar-refractivity contribution in [2.24, 2.45) is 5.92 Å². The molecular formula is C16H24ClNO3. The predicted octanol–water partition coefficient (Wildman–Crippen LogP) is 3.09. The maximum atomic E-state index is 12.2. The predicted molar refractivity (Wildman–Crippen MR) is 86.0 cm³/mol. The van der Waals surface area contributed by atoms with Gasteiger partial charge in [-0.3, -0.25) is 4.79 Å². The van der Waals surface area contributed by atoms with Gasteiger partial charge in [-0.05, 0) is 56.5 Å². The lowest BCUT2D eigenvalue weighted by Crippen LogP contribution is -2.27. The van der Waals surface area contributed by atoms with Crippen molar-refractivity contribution in [3.8, 4) is 11.5 Å². The third-order valence-corrected chi connectivity index (χ3v) is 3.94. The van der Waals surface area contributed by atoms with Crippen LogP contribution in [0.4, 0.5) is 0 Å². The zero-order valence-electron chi connectivity index (χ0n) is 12.7. The van der Waals surface area contributed by atoms with Gasteiger partial charge in [-0.2, -0.15) is 0 Å². The monoisotopic (exact) mass is 313 g/mol. The molecule has 0 spiro atoms. The Hall–Kier alpha value is -1.26. The van der Waals surface area contributed by atoms with Crippen LogP contribution in [0.25, 0.3) is 0 Å². The molecule has 0 bridgehead atoms. The average molecular weight is 314 g/mol. The highest BCUT2D eigenvalue weighted by atomic mass is 35.5. The van der Waals surface area contributed by atoms with Crippen molar-refractivity contribution in [1.82, 2.24) is 5.32 Å². The summed E-state index contributed by atoms with van der Waals surface area (Å²) in [7, 11) is 3.18. The first kappa shape index (κ1) is 17.8. The lowest BCUT2D eigenvalue weighted by atomic mass is 9.91. The van der Waals surface area contributed by atoms with Gasteiger partial charge in [0.2, 0.25) is 0 Å². The van der Waals surface area contributed by atoms with Crippen molar-refractivity contribution in [3.63, 3.8) is 0 Å². The number of benzene rings is 1. The standard InChI is InChI=1S/C16H23NO3.ClH/c1-19-15-6-4-13(11-16(15)20-2)14(18)5-3-12-7-9-17-10-8-12;/h4,6,11-12,17H,3,5,7-10H2,1-2H3;1H. The van der Waals surface area contributed by atoms with Gasteiger partial charge in [0.1, 0.15) is 0 Å². The molecular weight excluding hydrogens is 290 g/mol. The second kappa shape index (κ2) is 8.90. The zero-order chi connectivity index (χ0) is 14.4. The van der Waals surface area contributed by atoms with E-state index in [1.807, 2.05) is 6.07 Å². The smallest absolute Gasteiger partial charge is 0.163 e. The first-order valence-electron chi connectivity index (χ1n) is 7.20. The van der Waals surface area contributed by atoms with Crippen molar-refractivity contribution in [2.45, 2.75) is 25.7 Å². The molecule has 0 radical (unpaired) electrons. The number of nitrogens with one attached hydrogen (secondary N) is 1. The molecule has 118 valence electrons. The van der Waals surface area contributed by atoms with E-state index in [0.717, 1.165) is 19.5 Å². The van der Waals surface area contributed by atoms with Gasteiger partial charge < -0.3 is 14.8 Å². The Kier molecular flexibility index (Phi) is 7.54. The topological polar surface area (TPSA) is 47.6 Å². The number of Topliss-reactive ketones (excluding diaryl/α,β-unsaturated/α-hetero) is 1. The largest absolute Gasteiger partial charge is 0.493 e. The van der Waals surface area contributed by atoms with E-state index in [2.05, 4.69) is 5.32 Å². The molecule has 1 aromatic carbocycles. The van der Waals surface area contributed by atoms with Crippen LogP contribution in [-0.2, 0) is 0 Å².